The molecule has 1 amide bonds. The highest BCUT2D eigenvalue weighted by atomic mass is 32.2. The van der Waals surface area contributed by atoms with E-state index in [4.69, 9.17) is 9.47 Å². The third-order valence-electron chi connectivity index (χ3n) is 5.06. The van der Waals surface area contributed by atoms with Gasteiger partial charge in [-0.3, -0.25) is 4.79 Å². The van der Waals surface area contributed by atoms with Crippen LogP contribution in [0.15, 0.2) is 23.4 Å². The van der Waals surface area contributed by atoms with Crippen molar-refractivity contribution in [2.24, 2.45) is 0 Å². The normalized spacial score (nSPS) is 16.1. The van der Waals surface area contributed by atoms with Gasteiger partial charge in [0.15, 0.2) is 16.7 Å². The number of methoxy groups -OCH3 is 2. The number of thioether (sulfide) groups is 1. The molecule has 0 saturated heterocycles. The largest absolute Gasteiger partial charge is 0.493 e. The minimum Gasteiger partial charge on any atom is -0.493 e. The summed E-state index contributed by atoms with van der Waals surface area (Å²) in [4.78, 5) is 12.2. The van der Waals surface area contributed by atoms with Crippen molar-refractivity contribution in [3.63, 3.8) is 0 Å². The summed E-state index contributed by atoms with van der Waals surface area (Å²) in [5, 5.41) is 12.6. The molecular weight excluding hydrogens is 376 g/mol. The van der Waals surface area contributed by atoms with Crippen LogP contribution in [-0.2, 0) is 11.2 Å². The van der Waals surface area contributed by atoms with Gasteiger partial charge in [-0.1, -0.05) is 17.8 Å². The predicted octanol–water partition coefficient (Wildman–Crippen LogP) is 2.96. The maximum absolute atomic E-state index is 12.2. The first kappa shape index (κ1) is 19.1. The summed E-state index contributed by atoms with van der Waals surface area (Å²) in [6.45, 7) is 0.581. The molecule has 0 spiro atoms. The number of aromatic nitrogens is 3. The van der Waals surface area contributed by atoms with Crippen LogP contribution in [-0.4, -0.2) is 47.2 Å². The molecule has 0 unspecified atom stereocenters. The molecule has 2 aliphatic rings. The van der Waals surface area contributed by atoms with Crippen LogP contribution < -0.4 is 14.8 Å². The molecule has 2 aromatic rings. The van der Waals surface area contributed by atoms with Crippen molar-refractivity contribution in [1.82, 2.24) is 20.1 Å². The monoisotopic (exact) mass is 402 g/mol. The van der Waals surface area contributed by atoms with E-state index in [1.165, 1.54) is 37.4 Å². The van der Waals surface area contributed by atoms with E-state index in [1.807, 2.05) is 18.2 Å². The van der Waals surface area contributed by atoms with Gasteiger partial charge in [0.05, 0.1) is 20.0 Å². The Bertz CT molecular complexity index is 846. The van der Waals surface area contributed by atoms with Crippen molar-refractivity contribution < 1.29 is 14.3 Å². The number of ether oxygens (including phenoxy) is 2. The lowest BCUT2D eigenvalue weighted by atomic mass is 10.1. The van der Waals surface area contributed by atoms with Crippen molar-refractivity contribution in [2.75, 3.05) is 26.5 Å². The summed E-state index contributed by atoms with van der Waals surface area (Å²) < 4.78 is 12.8. The van der Waals surface area contributed by atoms with Crippen LogP contribution in [0.1, 0.15) is 49.0 Å². The number of nitrogens with zero attached hydrogens (tertiary/aromatic N) is 3. The molecule has 2 saturated carbocycles. The van der Waals surface area contributed by atoms with E-state index in [0.717, 1.165) is 23.0 Å². The second-order valence-electron chi connectivity index (χ2n) is 7.29. The third kappa shape index (κ3) is 4.43. The minimum absolute atomic E-state index is 0.0174. The third-order valence-corrected chi connectivity index (χ3v) is 6.00. The molecule has 1 aromatic carbocycles. The molecule has 1 aromatic heterocycles. The standard InChI is InChI=1S/C20H26N4O3S/c1-26-16-8-3-13(11-17(16)27-2)9-10-21-18(25)12-28-20-23-22-19(14-4-5-14)24(20)15-6-7-15/h3,8,11,14-15H,4-7,9-10,12H2,1-2H3,(H,21,25). The van der Waals surface area contributed by atoms with Crippen LogP contribution in [0.4, 0.5) is 0 Å². The van der Waals surface area contributed by atoms with Gasteiger partial charge < -0.3 is 19.4 Å². The summed E-state index contributed by atoms with van der Waals surface area (Å²) in [6, 6.07) is 6.35. The quantitative estimate of drug-likeness (QED) is 0.616. The van der Waals surface area contributed by atoms with E-state index in [2.05, 4.69) is 20.1 Å². The lowest BCUT2D eigenvalue weighted by Gasteiger charge is -2.10. The zero-order chi connectivity index (χ0) is 19.5. The molecule has 0 atom stereocenters. The maximum atomic E-state index is 12.2. The number of nitrogens with one attached hydrogen (secondary N) is 1. The van der Waals surface area contributed by atoms with Gasteiger partial charge in [-0.25, -0.2) is 0 Å². The first-order valence-electron chi connectivity index (χ1n) is 9.74. The molecule has 0 bridgehead atoms. The van der Waals surface area contributed by atoms with Gasteiger partial charge in [-0.15, -0.1) is 10.2 Å². The molecule has 2 fully saturated rings. The summed E-state index contributed by atoms with van der Waals surface area (Å²) in [6.07, 6.45) is 5.56. The van der Waals surface area contributed by atoms with Crippen molar-refractivity contribution in [3.8, 4) is 11.5 Å². The van der Waals surface area contributed by atoms with Crippen LogP contribution >= 0.6 is 11.8 Å². The van der Waals surface area contributed by atoms with E-state index < -0.39 is 0 Å². The number of carbonyl (C=O) groups is 1. The molecule has 8 heteroatoms. The number of amides is 1. The second-order valence-corrected chi connectivity index (χ2v) is 8.24. The Morgan fingerprint density at radius 3 is 2.64 bits per heavy atom. The number of rotatable bonds is 10. The Kier molecular flexibility index (Phi) is 5.75. The summed E-state index contributed by atoms with van der Waals surface area (Å²) in [5.41, 5.74) is 1.09. The molecule has 1 N–H and O–H groups in total. The molecule has 1 heterocycles. The number of benzene rings is 1. The van der Waals surface area contributed by atoms with Crippen LogP contribution in [0.2, 0.25) is 0 Å². The van der Waals surface area contributed by atoms with E-state index >= 15 is 0 Å². The van der Waals surface area contributed by atoms with Crippen LogP contribution in [0.5, 0.6) is 11.5 Å². The van der Waals surface area contributed by atoms with Crippen LogP contribution in [0, 0.1) is 0 Å². The first-order valence-corrected chi connectivity index (χ1v) is 10.7. The fraction of sp³-hybridized carbons (Fsp3) is 0.550. The Morgan fingerprint density at radius 1 is 1.18 bits per heavy atom. The zero-order valence-electron chi connectivity index (χ0n) is 16.3. The lowest BCUT2D eigenvalue weighted by Crippen LogP contribution is -2.27. The molecule has 4 rings (SSSR count). The van der Waals surface area contributed by atoms with Gasteiger partial charge in [0.2, 0.25) is 5.91 Å². The molecule has 28 heavy (non-hydrogen) atoms. The number of hydrogen-bond donors (Lipinski definition) is 1. The highest BCUT2D eigenvalue weighted by Crippen LogP contribution is 2.45. The van der Waals surface area contributed by atoms with Gasteiger partial charge in [0, 0.05) is 18.5 Å². The average molecular weight is 403 g/mol. The zero-order valence-corrected chi connectivity index (χ0v) is 17.1. The Hall–Kier alpha value is -2.22. The topological polar surface area (TPSA) is 78.3 Å². The maximum Gasteiger partial charge on any atom is 0.230 e. The van der Waals surface area contributed by atoms with E-state index in [9.17, 15) is 4.79 Å². The summed E-state index contributed by atoms with van der Waals surface area (Å²) in [7, 11) is 3.24. The number of carbonyl (C=O) groups excluding carboxylic acids is 1. The Morgan fingerprint density at radius 2 is 1.96 bits per heavy atom. The highest BCUT2D eigenvalue weighted by Gasteiger charge is 2.36. The van der Waals surface area contributed by atoms with Crippen molar-refractivity contribution in [2.45, 2.75) is 49.2 Å². The molecule has 2 aliphatic carbocycles. The smallest absolute Gasteiger partial charge is 0.230 e. The van der Waals surface area contributed by atoms with E-state index in [-0.39, 0.29) is 5.91 Å². The van der Waals surface area contributed by atoms with Gasteiger partial charge in [0.1, 0.15) is 5.82 Å². The van der Waals surface area contributed by atoms with Crippen molar-refractivity contribution in [1.29, 1.82) is 0 Å². The van der Waals surface area contributed by atoms with Crippen molar-refractivity contribution in [3.05, 3.63) is 29.6 Å². The van der Waals surface area contributed by atoms with Gasteiger partial charge >= 0.3 is 0 Å². The van der Waals surface area contributed by atoms with Crippen LogP contribution in [0.3, 0.4) is 0 Å². The minimum atomic E-state index is 0.0174. The fourth-order valence-electron chi connectivity index (χ4n) is 3.25. The Balaban J connectivity index is 1.25. The lowest BCUT2D eigenvalue weighted by molar-refractivity contribution is -0.118. The number of hydrogen-bond acceptors (Lipinski definition) is 6. The summed E-state index contributed by atoms with van der Waals surface area (Å²) >= 11 is 1.49. The average Bonchev–Trinajstić information content (AvgIpc) is 3.65. The summed E-state index contributed by atoms with van der Waals surface area (Å²) in [5.74, 6) is 3.49. The van der Waals surface area contributed by atoms with Gasteiger partial charge in [-0.05, 0) is 49.8 Å². The molecule has 0 aliphatic heterocycles. The second kappa shape index (κ2) is 8.43. The van der Waals surface area contributed by atoms with Crippen molar-refractivity contribution >= 4 is 17.7 Å². The molecule has 7 nitrogen and oxygen atoms in total. The fourth-order valence-corrected chi connectivity index (χ4v) is 4.09. The van der Waals surface area contributed by atoms with Gasteiger partial charge in [-0.2, -0.15) is 0 Å². The van der Waals surface area contributed by atoms with Crippen LogP contribution in [0.25, 0.3) is 0 Å². The van der Waals surface area contributed by atoms with Gasteiger partial charge in [0.25, 0.3) is 0 Å². The molecule has 150 valence electrons. The SMILES string of the molecule is COc1ccc(CCNC(=O)CSc2nnc(C3CC3)n2C2CC2)cc1OC. The predicted molar refractivity (Wildman–Crippen MR) is 107 cm³/mol. The molecular formula is C20H26N4O3S. The van der Waals surface area contributed by atoms with E-state index in [1.54, 1.807) is 14.2 Å². The Labute approximate surface area is 169 Å². The highest BCUT2D eigenvalue weighted by molar-refractivity contribution is 7.99. The molecule has 0 radical (unpaired) electrons. The first-order chi connectivity index (χ1) is 13.7. The van der Waals surface area contributed by atoms with E-state index in [0.29, 0.717) is 35.8 Å².